The molecule has 2 heterocycles. The van der Waals surface area contributed by atoms with Crippen LogP contribution in [0.4, 0.5) is 4.79 Å². The van der Waals surface area contributed by atoms with Gasteiger partial charge in [0, 0.05) is 16.7 Å². The molecule has 3 amide bonds. The number of amides is 3. The maximum Gasteiger partial charge on any atom is 0.325 e. The van der Waals surface area contributed by atoms with Gasteiger partial charge in [-0.3, -0.25) is 9.69 Å². The molecule has 1 aromatic heterocycles. The lowest BCUT2D eigenvalue weighted by molar-refractivity contribution is -0.131. The molecule has 0 bridgehead atoms. The Labute approximate surface area is 160 Å². The summed E-state index contributed by atoms with van der Waals surface area (Å²) in [6.07, 6.45) is 0. The Morgan fingerprint density at radius 2 is 1.89 bits per heavy atom. The van der Waals surface area contributed by atoms with E-state index < -0.39 is 11.6 Å². The van der Waals surface area contributed by atoms with Crippen LogP contribution in [0, 0.1) is 0 Å². The second-order valence-electron chi connectivity index (χ2n) is 6.50. The fraction of sp³-hybridized carbons (Fsp3) is 0.150. The summed E-state index contributed by atoms with van der Waals surface area (Å²) >= 11 is 6.04. The first-order valence-corrected chi connectivity index (χ1v) is 8.76. The van der Waals surface area contributed by atoms with Gasteiger partial charge < -0.3 is 9.84 Å². The number of imide groups is 1. The van der Waals surface area contributed by atoms with Crippen LogP contribution in [-0.4, -0.2) is 22.0 Å². The van der Waals surface area contributed by atoms with Gasteiger partial charge in [0.15, 0.2) is 5.76 Å². The van der Waals surface area contributed by atoms with Gasteiger partial charge in [0.25, 0.3) is 5.91 Å². The van der Waals surface area contributed by atoms with Crippen LogP contribution in [0.15, 0.2) is 65.2 Å². The van der Waals surface area contributed by atoms with Crippen LogP contribution in [0.3, 0.4) is 0 Å². The highest BCUT2D eigenvalue weighted by molar-refractivity contribution is 6.30. The molecule has 1 aliphatic rings. The van der Waals surface area contributed by atoms with Crippen LogP contribution in [0.1, 0.15) is 18.2 Å². The van der Waals surface area contributed by atoms with Gasteiger partial charge >= 0.3 is 6.03 Å². The lowest BCUT2D eigenvalue weighted by Gasteiger charge is -2.22. The van der Waals surface area contributed by atoms with Gasteiger partial charge in [-0.2, -0.15) is 0 Å². The van der Waals surface area contributed by atoms with E-state index in [1.165, 1.54) is 0 Å². The van der Waals surface area contributed by atoms with Crippen LogP contribution in [0.25, 0.3) is 11.3 Å². The van der Waals surface area contributed by atoms with Gasteiger partial charge in [-0.1, -0.05) is 59.2 Å². The first-order valence-electron chi connectivity index (χ1n) is 8.38. The predicted octanol–water partition coefficient (Wildman–Crippen LogP) is 3.96. The van der Waals surface area contributed by atoms with Crippen molar-refractivity contribution in [3.05, 3.63) is 77.0 Å². The summed E-state index contributed by atoms with van der Waals surface area (Å²) < 4.78 is 5.33. The van der Waals surface area contributed by atoms with Crippen LogP contribution in [0.2, 0.25) is 5.02 Å². The molecule has 2 aromatic carbocycles. The van der Waals surface area contributed by atoms with Gasteiger partial charge in [-0.05, 0) is 24.6 Å². The van der Waals surface area contributed by atoms with Crippen LogP contribution in [-0.2, 0) is 16.9 Å². The number of hydrogen-bond acceptors (Lipinski definition) is 4. The van der Waals surface area contributed by atoms with Crippen molar-refractivity contribution in [1.82, 2.24) is 15.4 Å². The number of nitrogens with one attached hydrogen (secondary N) is 1. The van der Waals surface area contributed by atoms with Crippen molar-refractivity contribution >= 4 is 23.5 Å². The molecule has 1 saturated heterocycles. The maximum absolute atomic E-state index is 13.0. The Bertz CT molecular complexity index is 1020. The first kappa shape index (κ1) is 17.3. The third kappa shape index (κ3) is 3.08. The molecular formula is C20H16ClN3O3. The smallest absolute Gasteiger partial charge is 0.325 e. The molecule has 0 aliphatic carbocycles. The summed E-state index contributed by atoms with van der Waals surface area (Å²) in [5.74, 6) is 0.0557. The van der Waals surface area contributed by atoms with Gasteiger partial charge in [0.1, 0.15) is 11.2 Å². The van der Waals surface area contributed by atoms with Crippen molar-refractivity contribution in [2.75, 3.05) is 0 Å². The summed E-state index contributed by atoms with van der Waals surface area (Å²) in [5, 5.41) is 7.27. The zero-order valence-corrected chi connectivity index (χ0v) is 15.2. The minimum Gasteiger partial charge on any atom is -0.359 e. The average molecular weight is 382 g/mol. The zero-order valence-electron chi connectivity index (χ0n) is 14.5. The van der Waals surface area contributed by atoms with E-state index in [4.69, 9.17) is 16.1 Å². The van der Waals surface area contributed by atoms with E-state index in [-0.39, 0.29) is 12.5 Å². The van der Waals surface area contributed by atoms with Crippen molar-refractivity contribution in [2.24, 2.45) is 0 Å². The standard InChI is InChI=1S/C20H16ClN3O3/c1-20(14-8-5-9-15(21)10-14)18(25)24(19(26)22-20)12-16-11-17(23-27-16)13-6-3-2-4-7-13/h2-11H,12H2,1H3,(H,22,26). The third-order valence-corrected chi connectivity index (χ3v) is 4.85. The van der Waals surface area contributed by atoms with E-state index in [0.29, 0.717) is 22.0 Å². The molecule has 1 fully saturated rings. The number of carbonyl (C=O) groups excluding carboxylic acids is 2. The molecule has 3 aromatic rings. The molecule has 4 rings (SSSR count). The molecule has 136 valence electrons. The summed E-state index contributed by atoms with van der Waals surface area (Å²) in [6.45, 7) is 1.66. The lowest BCUT2D eigenvalue weighted by atomic mass is 9.92. The van der Waals surface area contributed by atoms with Crippen molar-refractivity contribution in [3.8, 4) is 11.3 Å². The second-order valence-corrected chi connectivity index (χ2v) is 6.94. The molecule has 1 unspecified atom stereocenters. The quantitative estimate of drug-likeness (QED) is 0.694. The molecule has 27 heavy (non-hydrogen) atoms. The van der Waals surface area contributed by atoms with Crippen LogP contribution >= 0.6 is 11.6 Å². The first-order chi connectivity index (χ1) is 13.0. The predicted molar refractivity (Wildman–Crippen MR) is 99.8 cm³/mol. The number of rotatable bonds is 4. The summed E-state index contributed by atoms with van der Waals surface area (Å²) in [7, 11) is 0. The van der Waals surface area contributed by atoms with Gasteiger partial charge in [-0.15, -0.1) is 0 Å². The highest BCUT2D eigenvalue weighted by Crippen LogP contribution is 2.31. The summed E-state index contributed by atoms with van der Waals surface area (Å²) in [6, 6.07) is 17.7. The van der Waals surface area contributed by atoms with Gasteiger partial charge in [0.05, 0.1) is 6.54 Å². The molecule has 0 spiro atoms. The Morgan fingerprint density at radius 1 is 1.11 bits per heavy atom. The lowest BCUT2D eigenvalue weighted by Crippen LogP contribution is -2.40. The molecular weight excluding hydrogens is 366 g/mol. The summed E-state index contributed by atoms with van der Waals surface area (Å²) in [5.41, 5.74) is 0.992. The van der Waals surface area contributed by atoms with Crippen LogP contribution < -0.4 is 5.32 Å². The minimum absolute atomic E-state index is 0.000651. The largest absolute Gasteiger partial charge is 0.359 e. The van der Waals surface area contributed by atoms with E-state index >= 15 is 0 Å². The van der Waals surface area contributed by atoms with E-state index in [1.807, 2.05) is 30.3 Å². The van der Waals surface area contributed by atoms with Crippen molar-refractivity contribution < 1.29 is 14.1 Å². The number of nitrogens with zero attached hydrogens (tertiary/aromatic N) is 2. The number of benzene rings is 2. The minimum atomic E-state index is -1.18. The molecule has 7 heteroatoms. The Kier molecular flexibility index (Phi) is 4.20. The zero-order chi connectivity index (χ0) is 19.0. The molecule has 1 atom stereocenters. The monoisotopic (exact) mass is 381 g/mol. The number of carbonyl (C=O) groups is 2. The van der Waals surface area contributed by atoms with Crippen molar-refractivity contribution in [2.45, 2.75) is 19.0 Å². The maximum atomic E-state index is 13.0. The topological polar surface area (TPSA) is 75.4 Å². The van der Waals surface area contributed by atoms with E-state index in [9.17, 15) is 9.59 Å². The normalized spacial score (nSPS) is 19.4. The Balaban J connectivity index is 1.58. The Hall–Kier alpha value is -3.12. The van der Waals surface area contributed by atoms with Gasteiger partial charge in [-0.25, -0.2) is 4.79 Å². The van der Waals surface area contributed by atoms with E-state index in [1.54, 1.807) is 37.3 Å². The second kappa shape index (κ2) is 6.55. The summed E-state index contributed by atoms with van der Waals surface area (Å²) in [4.78, 5) is 26.5. The number of halogens is 1. The third-order valence-electron chi connectivity index (χ3n) is 4.62. The van der Waals surface area contributed by atoms with Crippen LogP contribution in [0.5, 0.6) is 0 Å². The molecule has 1 aliphatic heterocycles. The molecule has 6 nitrogen and oxygen atoms in total. The van der Waals surface area contributed by atoms with E-state index in [2.05, 4.69) is 10.5 Å². The number of aromatic nitrogens is 1. The fourth-order valence-corrected chi connectivity index (χ4v) is 3.31. The Morgan fingerprint density at radius 3 is 2.63 bits per heavy atom. The average Bonchev–Trinajstić information content (AvgIpc) is 3.22. The molecule has 1 N–H and O–H groups in total. The molecule has 0 radical (unpaired) electrons. The number of urea groups is 1. The van der Waals surface area contributed by atoms with Crippen molar-refractivity contribution in [1.29, 1.82) is 0 Å². The SMILES string of the molecule is CC1(c2cccc(Cl)c2)NC(=O)N(Cc2cc(-c3ccccc3)no2)C1=O. The van der Waals surface area contributed by atoms with Gasteiger partial charge in [0.2, 0.25) is 0 Å². The molecule has 0 saturated carbocycles. The fourth-order valence-electron chi connectivity index (χ4n) is 3.12. The highest BCUT2D eigenvalue weighted by atomic mass is 35.5. The van der Waals surface area contributed by atoms with Crippen molar-refractivity contribution in [3.63, 3.8) is 0 Å². The number of hydrogen-bond donors (Lipinski definition) is 1. The highest BCUT2D eigenvalue weighted by Gasteiger charge is 2.49. The van der Waals surface area contributed by atoms with E-state index in [0.717, 1.165) is 10.5 Å².